The van der Waals surface area contributed by atoms with Crippen LogP contribution in [0.2, 0.25) is 10.0 Å². The summed E-state index contributed by atoms with van der Waals surface area (Å²) in [6.07, 6.45) is 1.99. The van der Waals surface area contributed by atoms with E-state index in [2.05, 4.69) is 20.9 Å². The molecule has 2 amide bonds. The van der Waals surface area contributed by atoms with Gasteiger partial charge in [-0.1, -0.05) is 23.2 Å². The fraction of sp³-hybridized carbons (Fsp3) is 0.235. The van der Waals surface area contributed by atoms with Crippen molar-refractivity contribution < 1.29 is 9.59 Å². The molecule has 3 N–H and O–H groups in total. The maximum atomic E-state index is 12.6. The first-order valence-corrected chi connectivity index (χ1v) is 9.50. The number of pyridine rings is 1. The number of nitrogens with one attached hydrogen (secondary N) is 3. The molecular formula is C17H16Cl2N4O2S. The van der Waals surface area contributed by atoms with Crippen molar-refractivity contribution in [3.05, 3.63) is 55.5 Å². The number of halogens is 2. The number of nitrogens with zero attached hydrogens (tertiary/aromatic N) is 1. The molecule has 3 heterocycles. The van der Waals surface area contributed by atoms with Gasteiger partial charge in [0.05, 0.1) is 15.6 Å². The lowest BCUT2D eigenvalue weighted by Gasteiger charge is -2.21. The van der Waals surface area contributed by atoms with E-state index in [9.17, 15) is 9.59 Å². The van der Waals surface area contributed by atoms with E-state index < -0.39 is 0 Å². The summed E-state index contributed by atoms with van der Waals surface area (Å²) in [7, 11) is 0. The molecule has 2 aromatic heterocycles. The first-order chi connectivity index (χ1) is 12.5. The van der Waals surface area contributed by atoms with Crippen LogP contribution in [0.5, 0.6) is 0 Å². The fourth-order valence-electron chi connectivity index (χ4n) is 2.46. The molecule has 0 bridgehead atoms. The van der Waals surface area contributed by atoms with E-state index in [1.54, 1.807) is 12.1 Å². The van der Waals surface area contributed by atoms with Crippen molar-refractivity contribution in [2.75, 3.05) is 18.4 Å². The molecule has 0 aliphatic carbocycles. The van der Waals surface area contributed by atoms with Gasteiger partial charge in [-0.05, 0) is 30.0 Å². The van der Waals surface area contributed by atoms with Crippen LogP contribution in [0.15, 0.2) is 35.0 Å². The number of amides is 2. The van der Waals surface area contributed by atoms with Crippen LogP contribution in [0.25, 0.3) is 0 Å². The summed E-state index contributed by atoms with van der Waals surface area (Å²) in [5, 5.41) is 11.4. The summed E-state index contributed by atoms with van der Waals surface area (Å²) in [6, 6.07) is 3.25. The highest BCUT2D eigenvalue weighted by Gasteiger charge is 2.23. The third-order valence-corrected chi connectivity index (χ3v) is 5.75. The fourth-order valence-corrected chi connectivity index (χ4v) is 3.74. The molecular weight excluding hydrogens is 395 g/mol. The lowest BCUT2D eigenvalue weighted by molar-refractivity contribution is -0.113. The van der Waals surface area contributed by atoms with Crippen LogP contribution in [0, 0.1) is 6.92 Å². The molecule has 0 aromatic carbocycles. The van der Waals surface area contributed by atoms with Gasteiger partial charge in [-0.25, -0.2) is 4.98 Å². The molecule has 26 heavy (non-hydrogen) atoms. The van der Waals surface area contributed by atoms with Crippen LogP contribution < -0.4 is 16.0 Å². The number of rotatable bonds is 4. The molecule has 0 radical (unpaired) electrons. The minimum atomic E-state index is -0.323. The van der Waals surface area contributed by atoms with E-state index in [1.807, 2.05) is 12.3 Å². The Morgan fingerprint density at radius 2 is 2.04 bits per heavy atom. The van der Waals surface area contributed by atoms with Crippen molar-refractivity contribution in [2.24, 2.45) is 0 Å². The molecule has 0 saturated heterocycles. The molecule has 6 nitrogen and oxygen atoms in total. The number of hydrogen-bond acceptors (Lipinski definition) is 5. The third-order valence-electron chi connectivity index (χ3n) is 3.83. The van der Waals surface area contributed by atoms with Crippen molar-refractivity contribution in [2.45, 2.75) is 13.3 Å². The quantitative estimate of drug-likeness (QED) is 0.721. The second-order valence-corrected chi connectivity index (χ2v) is 7.41. The SMILES string of the molecule is Cc1csc(C(=O)NC2=C(C(=O)Nc3ccc(Cl)cn3)CNCC2)c1Cl. The highest BCUT2D eigenvalue weighted by atomic mass is 35.5. The molecule has 1 aliphatic heterocycles. The van der Waals surface area contributed by atoms with Gasteiger partial charge in [0, 0.05) is 31.4 Å². The van der Waals surface area contributed by atoms with Gasteiger partial charge in [0.15, 0.2) is 0 Å². The van der Waals surface area contributed by atoms with Gasteiger partial charge in [-0.2, -0.15) is 0 Å². The Morgan fingerprint density at radius 3 is 2.69 bits per heavy atom. The lowest BCUT2D eigenvalue weighted by atomic mass is 10.1. The van der Waals surface area contributed by atoms with E-state index in [0.717, 1.165) is 5.56 Å². The van der Waals surface area contributed by atoms with Gasteiger partial charge in [-0.15, -0.1) is 11.3 Å². The number of aryl methyl sites for hydroxylation is 1. The highest BCUT2D eigenvalue weighted by molar-refractivity contribution is 7.13. The Kier molecular flexibility index (Phi) is 5.93. The Labute approximate surface area is 164 Å². The van der Waals surface area contributed by atoms with Crippen LogP contribution in [0.4, 0.5) is 5.82 Å². The van der Waals surface area contributed by atoms with Crippen molar-refractivity contribution in [1.29, 1.82) is 0 Å². The highest BCUT2D eigenvalue weighted by Crippen LogP contribution is 2.27. The topological polar surface area (TPSA) is 83.1 Å². The second-order valence-electron chi connectivity index (χ2n) is 5.72. The summed E-state index contributed by atoms with van der Waals surface area (Å²) in [4.78, 5) is 29.6. The summed E-state index contributed by atoms with van der Waals surface area (Å²) < 4.78 is 0. The van der Waals surface area contributed by atoms with Crippen molar-refractivity contribution >= 4 is 52.2 Å². The van der Waals surface area contributed by atoms with Crippen molar-refractivity contribution in [3.8, 4) is 0 Å². The van der Waals surface area contributed by atoms with Crippen molar-refractivity contribution in [3.63, 3.8) is 0 Å². The first kappa shape index (κ1) is 18.8. The summed E-state index contributed by atoms with van der Waals surface area (Å²) >= 11 is 13.2. The summed E-state index contributed by atoms with van der Waals surface area (Å²) in [5.74, 6) is -0.240. The molecule has 0 atom stereocenters. The van der Waals surface area contributed by atoms with Crippen molar-refractivity contribution in [1.82, 2.24) is 15.6 Å². The summed E-state index contributed by atoms with van der Waals surface area (Å²) in [6.45, 7) is 2.87. The van der Waals surface area contributed by atoms with Crippen LogP contribution in [0.1, 0.15) is 21.7 Å². The van der Waals surface area contributed by atoms with Gasteiger partial charge < -0.3 is 16.0 Å². The zero-order valence-corrected chi connectivity index (χ0v) is 16.2. The van der Waals surface area contributed by atoms with E-state index >= 15 is 0 Å². The molecule has 2 aromatic rings. The van der Waals surface area contributed by atoms with Gasteiger partial charge in [0.2, 0.25) is 0 Å². The van der Waals surface area contributed by atoms with Gasteiger partial charge in [-0.3, -0.25) is 9.59 Å². The average Bonchev–Trinajstić information content (AvgIpc) is 2.96. The zero-order valence-electron chi connectivity index (χ0n) is 13.9. The first-order valence-electron chi connectivity index (χ1n) is 7.86. The van der Waals surface area contributed by atoms with Gasteiger partial charge in [0.25, 0.3) is 11.8 Å². The smallest absolute Gasteiger partial charge is 0.267 e. The van der Waals surface area contributed by atoms with Gasteiger partial charge >= 0.3 is 0 Å². The molecule has 0 saturated carbocycles. The normalized spacial score (nSPS) is 14.3. The third kappa shape index (κ3) is 4.24. The largest absolute Gasteiger partial charge is 0.324 e. The molecule has 1 aliphatic rings. The summed E-state index contributed by atoms with van der Waals surface area (Å²) in [5.41, 5.74) is 1.90. The minimum Gasteiger partial charge on any atom is -0.324 e. The molecule has 0 fully saturated rings. The Bertz CT molecular complexity index is 877. The number of thiophene rings is 1. The zero-order chi connectivity index (χ0) is 18.7. The van der Waals surface area contributed by atoms with E-state index in [0.29, 0.717) is 51.5 Å². The Hall–Kier alpha value is -1.93. The predicted molar refractivity (Wildman–Crippen MR) is 104 cm³/mol. The Balaban J connectivity index is 1.79. The van der Waals surface area contributed by atoms with E-state index in [-0.39, 0.29) is 11.8 Å². The molecule has 136 valence electrons. The van der Waals surface area contributed by atoms with Crippen LogP contribution in [0.3, 0.4) is 0 Å². The monoisotopic (exact) mass is 410 g/mol. The average molecular weight is 411 g/mol. The number of anilines is 1. The molecule has 9 heteroatoms. The number of carbonyl (C=O) groups is 2. The van der Waals surface area contributed by atoms with Crippen LogP contribution >= 0.6 is 34.5 Å². The van der Waals surface area contributed by atoms with Crippen LogP contribution in [-0.4, -0.2) is 29.9 Å². The predicted octanol–water partition coefficient (Wildman–Crippen LogP) is 3.37. The Morgan fingerprint density at radius 1 is 1.23 bits per heavy atom. The number of aromatic nitrogens is 1. The van der Waals surface area contributed by atoms with Crippen LogP contribution in [-0.2, 0) is 4.79 Å². The van der Waals surface area contributed by atoms with Gasteiger partial charge in [0.1, 0.15) is 10.7 Å². The lowest BCUT2D eigenvalue weighted by Crippen LogP contribution is -2.37. The minimum absolute atomic E-state index is 0.306. The standard InChI is InChI=1S/C17H16Cl2N4O2S/c1-9-8-26-15(14(9)19)17(25)22-12-4-5-20-7-11(12)16(24)23-13-3-2-10(18)6-21-13/h2-3,6,8,20H,4-5,7H2,1H3,(H,22,25)(H,21,23,24). The second kappa shape index (κ2) is 8.18. The molecule has 0 unspecified atom stereocenters. The number of carbonyl (C=O) groups excluding carboxylic acids is 2. The van der Waals surface area contributed by atoms with E-state index in [4.69, 9.17) is 23.2 Å². The number of hydrogen-bond donors (Lipinski definition) is 3. The molecule has 3 rings (SSSR count). The maximum Gasteiger partial charge on any atom is 0.267 e. The molecule has 0 spiro atoms. The maximum absolute atomic E-state index is 12.6. The van der Waals surface area contributed by atoms with E-state index in [1.165, 1.54) is 17.5 Å².